The van der Waals surface area contributed by atoms with Crippen LogP contribution in [0.25, 0.3) is 0 Å². The lowest BCUT2D eigenvalue weighted by Crippen LogP contribution is -2.37. The van der Waals surface area contributed by atoms with E-state index < -0.39 is 11.4 Å². The molecule has 1 aromatic heterocycles. The summed E-state index contributed by atoms with van der Waals surface area (Å²) in [4.78, 5) is 11.0. The van der Waals surface area contributed by atoms with Crippen molar-refractivity contribution in [2.75, 3.05) is 6.54 Å². The molecular formula is C10H17N3O2. The topological polar surface area (TPSA) is 81.1 Å². The number of hydrogen-bond acceptors (Lipinski definition) is 3. The fourth-order valence-corrected chi connectivity index (χ4v) is 1.36. The molecule has 0 aliphatic rings. The minimum atomic E-state index is -0.901. The third-order valence-electron chi connectivity index (χ3n) is 2.57. The van der Waals surface area contributed by atoms with E-state index in [-0.39, 0.29) is 6.54 Å². The van der Waals surface area contributed by atoms with E-state index in [1.165, 1.54) is 0 Å². The number of carboxylic acid groups (broad SMARTS) is 1. The van der Waals surface area contributed by atoms with Gasteiger partial charge in [-0.1, -0.05) is 0 Å². The van der Waals surface area contributed by atoms with Gasteiger partial charge in [0.05, 0.1) is 11.6 Å². The van der Waals surface area contributed by atoms with Crippen LogP contribution in [0.4, 0.5) is 0 Å². The van der Waals surface area contributed by atoms with Gasteiger partial charge in [-0.2, -0.15) is 5.10 Å². The van der Waals surface area contributed by atoms with Gasteiger partial charge in [0.1, 0.15) is 0 Å². The molecule has 0 amide bonds. The molecule has 15 heavy (non-hydrogen) atoms. The fraction of sp³-hybridized carbons (Fsp3) is 0.600. The van der Waals surface area contributed by atoms with Crippen LogP contribution in [0.15, 0.2) is 12.4 Å². The highest BCUT2D eigenvalue weighted by molar-refractivity contribution is 5.74. The number of hydrogen-bond donors (Lipinski definition) is 2. The zero-order valence-corrected chi connectivity index (χ0v) is 9.10. The molecule has 0 aliphatic heterocycles. The van der Waals surface area contributed by atoms with Crippen LogP contribution in [0.3, 0.4) is 0 Å². The normalized spacial score (nSPS) is 14.9. The molecule has 1 aromatic rings. The van der Waals surface area contributed by atoms with E-state index in [2.05, 4.69) is 5.10 Å². The first kappa shape index (κ1) is 11.7. The van der Waals surface area contributed by atoms with Crippen LogP contribution in [-0.4, -0.2) is 27.4 Å². The molecule has 3 N–H and O–H groups in total. The van der Waals surface area contributed by atoms with Crippen molar-refractivity contribution in [3.8, 4) is 0 Å². The Labute approximate surface area is 88.9 Å². The first-order valence-corrected chi connectivity index (χ1v) is 4.96. The van der Waals surface area contributed by atoms with Gasteiger partial charge in [-0.25, -0.2) is 0 Å². The van der Waals surface area contributed by atoms with Crippen molar-refractivity contribution in [3.05, 3.63) is 18.0 Å². The molecule has 0 radical (unpaired) electrons. The van der Waals surface area contributed by atoms with Crippen LogP contribution < -0.4 is 5.73 Å². The smallest absolute Gasteiger partial charge is 0.310 e. The average Bonchev–Trinajstić information content (AvgIpc) is 2.65. The van der Waals surface area contributed by atoms with Gasteiger partial charge in [0.2, 0.25) is 0 Å². The van der Waals surface area contributed by atoms with E-state index in [9.17, 15) is 4.79 Å². The Hall–Kier alpha value is -1.36. The SMILES string of the molecule is CCn1cc(CC(C)(CN)C(=O)O)cn1. The molecule has 1 rings (SSSR count). The van der Waals surface area contributed by atoms with Gasteiger partial charge in [0.25, 0.3) is 0 Å². The van der Waals surface area contributed by atoms with Gasteiger partial charge in [-0.15, -0.1) is 0 Å². The molecule has 1 unspecified atom stereocenters. The number of aryl methyl sites for hydroxylation is 1. The second kappa shape index (κ2) is 4.44. The second-order valence-electron chi connectivity index (χ2n) is 3.95. The van der Waals surface area contributed by atoms with Crippen LogP contribution in [0.1, 0.15) is 19.4 Å². The highest BCUT2D eigenvalue weighted by atomic mass is 16.4. The Morgan fingerprint density at radius 3 is 2.80 bits per heavy atom. The van der Waals surface area contributed by atoms with Crippen LogP contribution in [0, 0.1) is 5.41 Å². The first-order chi connectivity index (χ1) is 7.01. The highest BCUT2D eigenvalue weighted by Gasteiger charge is 2.32. The van der Waals surface area contributed by atoms with Crippen molar-refractivity contribution >= 4 is 5.97 Å². The Morgan fingerprint density at radius 1 is 1.73 bits per heavy atom. The molecule has 5 heteroatoms. The molecule has 0 bridgehead atoms. The predicted molar refractivity (Wildman–Crippen MR) is 56.4 cm³/mol. The Morgan fingerprint density at radius 2 is 2.40 bits per heavy atom. The van der Waals surface area contributed by atoms with E-state index in [1.54, 1.807) is 17.8 Å². The summed E-state index contributed by atoms with van der Waals surface area (Å²) in [6.07, 6.45) is 3.97. The van der Waals surface area contributed by atoms with Gasteiger partial charge in [-0.3, -0.25) is 9.48 Å². The van der Waals surface area contributed by atoms with E-state index in [0.29, 0.717) is 6.42 Å². The lowest BCUT2D eigenvalue weighted by atomic mass is 9.85. The molecule has 0 saturated heterocycles. The number of carboxylic acids is 1. The lowest BCUT2D eigenvalue weighted by molar-refractivity contribution is -0.147. The van der Waals surface area contributed by atoms with Crippen molar-refractivity contribution in [2.45, 2.75) is 26.8 Å². The van der Waals surface area contributed by atoms with Gasteiger partial charge in [0, 0.05) is 19.3 Å². The monoisotopic (exact) mass is 211 g/mol. The molecule has 0 spiro atoms. The zero-order chi connectivity index (χ0) is 11.5. The minimum absolute atomic E-state index is 0.125. The molecular weight excluding hydrogens is 194 g/mol. The summed E-state index contributed by atoms with van der Waals surface area (Å²) in [6.45, 7) is 4.54. The molecule has 0 saturated carbocycles. The number of nitrogens with zero attached hydrogens (tertiary/aromatic N) is 2. The third-order valence-corrected chi connectivity index (χ3v) is 2.57. The maximum Gasteiger partial charge on any atom is 0.310 e. The number of carbonyl (C=O) groups is 1. The number of aliphatic carboxylic acids is 1. The highest BCUT2D eigenvalue weighted by Crippen LogP contribution is 2.21. The van der Waals surface area contributed by atoms with Crippen molar-refractivity contribution < 1.29 is 9.90 Å². The van der Waals surface area contributed by atoms with Crippen LogP contribution >= 0.6 is 0 Å². The summed E-state index contributed by atoms with van der Waals surface area (Å²) in [5.74, 6) is -0.866. The van der Waals surface area contributed by atoms with Crippen molar-refractivity contribution in [1.29, 1.82) is 0 Å². The van der Waals surface area contributed by atoms with Crippen molar-refractivity contribution in [3.63, 3.8) is 0 Å². The van der Waals surface area contributed by atoms with E-state index in [1.807, 2.05) is 13.1 Å². The Bertz CT molecular complexity index is 348. The van der Waals surface area contributed by atoms with Gasteiger partial charge in [0.15, 0.2) is 0 Å². The minimum Gasteiger partial charge on any atom is -0.481 e. The van der Waals surface area contributed by atoms with E-state index in [0.717, 1.165) is 12.1 Å². The summed E-state index contributed by atoms with van der Waals surface area (Å²) < 4.78 is 1.77. The Balaban J connectivity index is 2.79. The molecule has 84 valence electrons. The number of aromatic nitrogens is 2. The second-order valence-corrected chi connectivity index (χ2v) is 3.95. The zero-order valence-electron chi connectivity index (χ0n) is 9.10. The van der Waals surface area contributed by atoms with E-state index in [4.69, 9.17) is 10.8 Å². The van der Waals surface area contributed by atoms with Crippen LogP contribution in [0.5, 0.6) is 0 Å². The fourth-order valence-electron chi connectivity index (χ4n) is 1.36. The van der Waals surface area contributed by atoms with Gasteiger partial charge >= 0.3 is 5.97 Å². The molecule has 1 atom stereocenters. The molecule has 1 heterocycles. The maximum absolute atomic E-state index is 11.0. The van der Waals surface area contributed by atoms with Crippen molar-refractivity contribution in [1.82, 2.24) is 9.78 Å². The molecule has 0 aliphatic carbocycles. The quantitative estimate of drug-likeness (QED) is 0.743. The number of nitrogens with two attached hydrogens (primary N) is 1. The standard InChI is InChI=1S/C10H17N3O2/c1-3-13-6-8(5-12-13)4-10(2,7-11)9(14)15/h5-6H,3-4,7,11H2,1-2H3,(H,14,15). The van der Waals surface area contributed by atoms with Crippen LogP contribution in [-0.2, 0) is 17.8 Å². The van der Waals surface area contributed by atoms with E-state index >= 15 is 0 Å². The summed E-state index contributed by atoms with van der Waals surface area (Å²) in [6, 6.07) is 0. The third kappa shape index (κ3) is 2.56. The maximum atomic E-state index is 11.0. The molecule has 0 fully saturated rings. The lowest BCUT2D eigenvalue weighted by Gasteiger charge is -2.21. The molecule has 0 aromatic carbocycles. The summed E-state index contributed by atoms with van der Waals surface area (Å²) in [5, 5.41) is 13.1. The summed E-state index contributed by atoms with van der Waals surface area (Å²) >= 11 is 0. The first-order valence-electron chi connectivity index (χ1n) is 4.96. The Kier molecular flexibility index (Phi) is 3.47. The largest absolute Gasteiger partial charge is 0.481 e. The van der Waals surface area contributed by atoms with Crippen LogP contribution in [0.2, 0.25) is 0 Å². The number of rotatable bonds is 5. The molecule has 5 nitrogen and oxygen atoms in total. The average molecular weight is 211 g/mol. The van der Waals surface area contributed by atoms with Gasteiger partial charge < -0.3 is 10.8 Å². The summed E-state index contributed by atoms with van der Waals surface area (Å²) in [5.41, 5.74) is 5.50. The van der Waals surface area contributed by atoms with Crippen molar-refractivity contribution in [2.24, 2.45) is 11.1 Å². The van der Waals surface area contributed by atoms with Gasteiger partial charge in [-0.05, 0) is 25.8 Å². The predicted octanol–water partition coefficient (Wildman–Crippen LogP) is 0.495. The summed E-state index contributed by atoms with van der Waals surface area (Å²) in [7, 11) is 0.